The summed E-state index contributed by atoms with van der Waals surface area (Å²) in [6.45, 7) is 10.5. The summed E-state index contributed by atoms with van der Waals surface area (Å²) in [5.41, 5.74) is 3.65. The van der Waals surface area contributed by atoms with Gasteiger partial charge in [0, 0.05) is 44.0 Å². The van der Waals surface area contributed by atoms with Crippen molar-refractivity contribution in [3.8, 4) is 0 Å². The van der Waals surface area contributed by atoms with E-state index in [0.29, 0.717) is 5.71 Å². The second-order valence-corrected chi connectivity index (χ2v) is 9.62. The molecular formula is C27H37F2N5S. The van der Waals surface area contributed by atoms with Crippen molar-refractivity contribution < 1.29 is 8.78 Å². The van der Waals surface area contributed by atoms with Crippen LogP contribution in [0.15, 0.2) is 64.8 Å². The smallest absolute Gasteiger partial charge is 0.278 e. The maximum absolute atomic E-state index is 12.8. The fraction of sp³-hybridized carbons (Fsp3) is 0.481. The second kappa shape index (κ2) is 14.3. The van der Waals surface area contributed by atoms with Crippen molar-refractivity contribution in [3.05, 3.63) is 65.7 Å². The first-order valence-corrected chi connectivity index (χ1v) is 13.4. The number of likely N-dealkylation sites (N-methyl/N-ethyl adjacent to an activating group) is 1. The number of anilines is 1. The van der Waals surface area contributed by atoms with Gasteiger partial charge < -0.3 is 14.1 Å². The average Bonchev–Trinajstić information content (AvgIpc) is 3.40. The van der Waals surface area contributed by atoms with Crippen molar-refractivity contribution in [2.75, 3.05) is 49.8 Å². The summed E-state index contributed by atoms with van der Waals surface area (Å²) < 4.78 is 28.0. The predicted octanol–water partition coefficient (Wildman–Crippen LogP) is 5.82. The topological polar surface area (TPSA) is 34.4 Å². The predicted molar refractivity (Wildman–Crippen MR) is 146 cm³/mol. The molecule has 5 nitrogen and oxygen atoms in total. The Balaban J connectivity index is 0.00000167. The maximum atomic E-state index is 12.8. The van der Waals surface area contributed by atoms with Gasteiger partial charge in [0.2, 0.25) is 0 Å². The highest BCUT2D eigenvalue weighted by molar-refractivity contribution is 8.00. The molecule has 0 aliphatic carbocycles. The third-order valence-corrected chi connectivity index (χ3v) is 7.14. The number of benzene rings is 2. The van der Waals surface area contributed by atoms with Gasteiger partial charge in [0.25, 0.3) is 6.43 Å². The van der Waals surface area contributed by atoms with Gasteiger partial charge in [0.15, 0.2) is 0 Å². The normalized spacial score (nSPS) is 16.5. The van der Waals surface area contributed by atoms with E-state index in [1.807, 2.05) is 44.0 Å². The van der Waals surface area contributed by atoms with Crippen molar-refractivity contribution >= 4 is 29.1 Å². The van der Waals surface area contributed by atoms with Crippen molar-refractivity contribution in [1.29, 1.82) is 0 Å². The van der Waals surface area contributed by atoms with Gasteiger partial charge in [-0.1, -0.05) is 56.3 Å². The maximum Gasteiger partial charge on any atom is 0.278 e. The molecule has 2 aromatic carbocycles. The third-order valence-electron chi connectivity index (χ3n) is 6.02. The van der Waals surface area contributed by atoms with E-state index in [4.69, 9.17) is 0 Å². The van der Waals surface area contributed by atoms with Gasteiger partial charge in [-0.15, -0.1) is 0 Å². The first-order valence-electron chi connectivity index (χ1n) is 12.5. The van der Waals surface area contributed by atoms with Crippen LogP contribution in [0.25, 0.3) is 0 Å². The van der Waals surface area contributed by atoms with Crippen LogP contribution in [-0.4, -0.2) is 73.2 Å². The van der Waals surface area contributed by atoms with Crippen LogP contribution in [0.2, 0.25) is 0 Å². The zero-order chi connectivity index (χ0) is 25.0. The van der Waals surface area contributed by atoms with E-state index in [1.165, 1.54) is 11.3 Å². The van der Waals surface area contributed by atoms with E-state index in [9.17, 15) is 8.78 Å². The minimum atomic E-state index is -2.54. The van der Waals surface area contributed by atoms with E-state index in [0.717, 1.165) is 57.0 Å². The lowest BCUT2D eigenvalue weighted by Gasteiger charge is -2.32. The molecule has 0 unspecified atom stereocenters. The molecule has 0 saturated carbocycles. The van der Waals surface area contributed by atoms with E-state index < -0.39 is 6.43 Å². The van der Waals surface area contributed by atoms with Gasteiger partial charge in [0.05, 0.1) is 12.3 Å². The Morgan fingerprint density at radius 1 is 0.943 bits per heavy atom. The Labute approximate surface area is 213 Å². The Hall–Kier alpha value is -2.29. The van der Waals surface area contributed by atoms with Crippen molar-refractivity contribution in [2.24, 2.45) is 10.2 Å². The molecule has 0 amide bonds. The number of nitrogens with zero attached hydrogens (tertiary/aromatic N) is 5. The summed E-state index contributed by atoms with van der Waals surface area (Å²) in [5.74, 6) is 1.06. The first-order chi connectivity index (χ1) is 17.1. The van der Waals surface area contributed by atoms with Gasteiger partial charge in [-0.25, -0.2) is 8.78 Å². The lowest BCUT2D eigenvalue weighted by molar-refractivity contribution is 0.154. The van der Waals surface area contributed by atoms with Crippen LogP contribution >= 0.6 is 11.9 Å². The molecule has 2 aliphatic rings. The fourth-order valence-corrected chi connectivity index (χ4v) is 4.95. The number of alkyl halides is 2. The Kier molecular flexibility index (Phi) is 11.2. The molecule has 0 radical (unpaired) electrons. The van der Waals surface area contributed by atoms with Crippen LogP contribution < -0.4 is 4.31 Å². The molecule has 1 saturated heterocycles. The molecule has 2 aliphatic heterocycles. The van der Waals surface area contributed by atoms with E-state index in [2.05, 4.69) is 67.8 Å². The van der Waals surface area contributed by atoms with E-state index >= 15 is 0 Å². The minimum absolute atomic E-state index is 0.121. The molecular weight excluding hydrogens is 464 g/mol. The van der Waals surface area contributed by atoms with Crippen LogP contribution in [-0.2, 0) is 6.54 Å². The molecule has 0 N–H and O–H groups in total. The Morgan fingerprint density at radius 3 is 2.26 bits per heavy atom. The zero-order valence-electron chi connectivity index (χ0n) is 21.0. The van der Waals surface area contributed by atoms with Crippen molar-refractivity contribution in [1.82, 2.24) is 9.80 Å². The monoisotopic (exact) mass is 501 g/mol. The Morgan fingerprint density at radius 2 is 1.63 bits per heavy atom. The molecule has 0 spiro atoms. The molecule has 4 rings (SSSR count). The molecule has 1 fully saturated rings. The van der Waals surface area contributed by atoms with Crippen LogP contribution in [0.4, 0.5) is 14.5 Å². The van der Waals surface area contributed by atoms with Gasteiger partial charge in [-0.2, -0.15) is 10.2 Å². The number of hydrogen-bond acceptors (Lipinski definition) is 6. The molecule has 35 heavy (non-hydrogen) atoms. The number of rotatable bonds is 10. The summed E-state index contributed by atoms with van der Waals surface area (Å²) in [6, 6.07) is 18.5. The summed E-state index contributed by atoms with van der Waals surface area (Å²) in [5, 5.41) is 7.56. The lowest BCUT2D eigenvalue weighted by atomic mass is 10.0. The highest BCUT2D eigenvalue weighted by Gasteiger charge is 2.22. The van der Waals surface area contributed by atoms with Crippen molar-refractivity contribution in [2.45, 2.75) is 39.7 Å². The van der Waals surface area contributed by atoms with Crippen molar-refractivity contribution in [3.63, 3.8) is 0 Å². The molecule has 2 aromatic rings. The van der Waals surface area contributed by atoms with E-state index in [-0.39, 0.29) is 12.1 Å². The van der Waals surface area contributed by atoms with E-state index in [1.54, 1.807) is 0 Å². The highest BCUT2D eigenvalue weighted by Crippen LogP contribution is 2.26. The SMILES string of the molecule is CC.CN1CCN(CCCSN(Cc2ccc(C3=NN=C(C(F)F)C3)cc2)c2ccccc2)CC1. The zero-order valence-corrected chi connectivity index (χ0v) is 21.9. The molecule has 0 bridgehead atoms. The highest BCUT2D eigenvalue weighted by atomic mass is 32.2. The third kappa shape index (κ3) is 8.40. The first kappa shape index (κ1) is 27.3. The second-order valence-electron chi connectivity index (χ2n) is 8.52. The number of hydrogen-bond donors (Lipinski definition) is 0. The quantitative estimate of drug-likeness (QED) is 0.304. The number of halogens is 2. The molecule has 0 atom stereocenters. The summed E-state index contributed by atoms with van der Waals surface area (Å²) >= 11 is 1.86. The van der Waals surface area contributed by atoms with Gasteiger partial charge >= 0.3 is 0 Å². The summed E-state index contributed by atoms with van der Waals surface area (Å²) in [6.07, 6.45) is -1.27. The van der Waals surface area contributed by atoms with Crippen LogP contribution in [0.3, 0.4) is 0 Å². The van der Waals surface area contributed by atoms with Gasteiger partial charge in [0.1, 0.15) is 5.71 Å². The molecule has 8 heteroatoms. The standard InChI is InChI=1S/C25H31F2N5S.C2H6/c1-30-13-15-31(16-14-30)12-5-17-33-32(22-6-3-2-4-7-22)19-20-8-10-21(11-9-20)23-18-24(25(26)27)29-28-23;1-2/h2-4,6-11,25H,5,12-19H2,1H3;1-2H3. The van der Waals surface area contributed by atoms with Crippen LogP contribution in [0, 0.1) is 0 Å². The van der Waals surface area contributed by atoms with Crippen LogP contribution in [0.5, 0.6) is 0 Å². The average molecular weight is 502 g/mol. The van der Waals surface area contributed by atoms with Gasteiger partial charge in [-0.05, 0) is 55.2 Å². The summed E-state index contributed by atoms with van der Waals surface area (Å²) in [4.78, 5) is 4.94. The fourth-order valence-electron chi connectivity index (χ4n) is 3.96. The number of piperazine rings is 1. The lowest BCUT2D eigenvalue weighted by Crippen LogP contribution is -2.44. The molecule has 190 valence electrons. The molecule has 2 heterocycles. The van der Waals surface area contributed by atoms with Crippen LogP contribution in [0.1, 0.15) is 37.8 Å². The molecule has 0 aromatic heterocycles. The number of para-hydroxylation sites is 1. The minimum Gasteiger partial charge on any atom is -0.312 e. The summed E-state index contributed by atoms with van der Waals surface area (Å²) in [7, 11) is 2.19. The van der Waals surface area contributed by atoms with Gasteiger partial charge in [-0.3, -0.25) is 0 Å². The Bertz CT molecular complexity index is 942. The largest absolute Gasteiger partial charge is 0.312 e.